The minimum atomic E-state index is -0.511. The molecule has 0 bridgehead atoms. The van der Waals surface area contributed by atoms with E-state index in [0.717, 1.165) is 52.2 Å². The van der Waals surface area contributed by atoms with Crippen molar-refractivity contribution in [2.24, 2.45) is 0 Å². The summed E-state index contributed by atoms with van der Waals surface area (Å²) in [5, 5.41) is 4.87. The lowest BCUT2D eigenvalue weighted by atomic mass is 9.97. The molecule has 5 rings (SSSR count). The molecule has 1 atom stereocenters. The summed E-state index contributed by atoms with van der Waals surface area (Å²) in [4.78, 5) is 19.4. The Morgan fingerprint density at radius 3 is 2.83 bits per heavy atom. The molecule has 2 aromatic carbocycles. The quantitative estimate of drug-likeness (QED) is 0.700. The Morgan fingerprint density at radius 2 is 2.03 bits per heavy atom. The summed E-state index contributed by atoms with van der Waals surface area (Å²) in [6.45, 7) is 3.04. The minimum absolute atomic E-state index is 0.0408. The van der Waals surface area contributed by atoms with Crippen molar-refractivity contribution in [1.82, 2.24) is 15.2 Å². The highest BCUT2D eigenvalue weighted by atomic mass is 35.5. The van der Waals surface area contributed by atoms with Gasteiger partial charge in [-0.3, -0.25) is 9.78 Å². The number of pyridine rings is 1. The maximum absolute atomic E-state index is 13.0. The molecule has 6 nitrogen and oxygen atoms in total. The summed E-state index contributed by atoms with van der Waals surface area (Å²) in [6.07, 6.45) is 1.79. The van der Waals surface area contributed by atoms with Gasteiger partial charge in [-0.15, -0.1) is 0 Å². The van der Waals surface area contributed by atoms with Crippen molar-refractivity contribution in [1.29, 1.82) is 0 Å². The SMILES string of the molecule is COc1ccc2c(-c3cc(Cl)cc4c3OC(C(=O)N3CCNCC3)C4)ccnc2c1. The van der Waals surface area contributed by atoms with Crippen LogP contribution in [-0.4, -0.2) is 55.2 Å². The maximum Gasteiger partial charge on any atom is 0.264 e. The van der Waals surface area contributed by atoms with E-state index in [4.69, 9.17) is 21.1 Å². The molecule has 1 unspecified atom stereocenters. The highest BCUT2D eigenvalue weighted by Crippen LogP contribution is 2.43. The number of rotatable bonds is 3. The number of benzene rings is 2. The zero-order valence-electron chi connectivity index (χ0n) is 16.7. The van der Waals surface area contributed by atoms with E-state index >= 15 is 0 Å². The molecule has 0 aliphatic carbocycles. The second-order valence-electron chi connectivity index (χ2n) is 7.57. The average molecular weight is 424 g/mol. The van der Waals surface area contributed by atoms with Gasteiger partial charge in [0.2, 0.25) is 0 Å². The molecule has 154 valence electrons. The molecule has 1 saturated heterocycles. The molecule has 1 amide bonds. The summed E-state index contributed by atoms with van der Waals surface area (Å²) in [5.41, 5.74) is 3.64. The van der Waals surface area contributed by atoms with Gasteiger partial charge in [0.1, 0.15) is 11.5 Å². The fourth-order valence-electron chi connectivity index (χ4n) is 4.24. The summed E-state index contributed by atoms with van der Waals surface area (Å²) in [7, 11) is 1.64. The van der Waals surface area contributed by atoms with E-state index in [1.165, 1.54) is 0 Å². The van der Waals surface area contributed by atoms with Crippen LogP contribution in [0.15, 0.2) is 42.6 Å². The molecule has 3 heterocycles. The molecule has 7 heteroatoms. The largest absolute Gasteiger partial charge is 0.497 e. The van der Waals surface area contributed by atoms with E-state index in [9.17, 15) is 4.79 Å². The van der Waals surface area contributed by atoms with E-state index in [0.29, 0.717) is 24.5 Å². The predicted octanol–water partition coefficient (Wildman–Crippen LogP) is 3.30. The predicted molar refractivity (Wildman–Crippen MR) is 116 cm³/mol. The molecule has 1 aromatic heterocycles. The van der Waals surface area contributed by atoms with Gasteiger partial charge in [0, 0.05) is 66.4 Å². The Bertz CT molecular complexity index is 1130. The third kappa shape index (κ3) is 3.36. The van der Waals surface area contributed by atoms with Crippen LogP contribution in [0.2, 0.25) is 5.02 Å². The van der Waals surface area contributed by atoms with Crippen LogP contribution in [0, 0.1) is 0 Å². The minimum Gasteiger partial charge on any atom is -0.497 e. The van der Waals surface area contributed by atoms with E-state index in [1.807, 2.05) is 41.3 Å². The smallest absolute Gasteiger partial charge is 0.264 e. The van der Waals surface area contributed by atoms with Crippen LogP contribution >= 0.6 is 11.6 Å². The van der Waals surface area contributed by atoms with Crippen LogP contribution in [0.4, 0.5) is 0 Å². The van der Waals surface area contributed by atoms with Crippen LogP contribution < -0.4 is 14.8 Å². The number of ether oxygens (including phenoxy) is 2. The highest BCUT2D eigenvalue weighted by molar-refractivity contribution is 6.31. The number of carbonyl (C=O) groups excluding carboxylic acids is 1. The summed E-state index contributed by atoms with van der Waals surface area (Å²) in [6, 6.07) is 11.6. The number of aromatic nitrogens is 1. The number of piperazine rings is 1. The van der Waals surface area contributed by atoms with E-state index in [2.05, 4.69) is 10.3 Å². The van der Waals surface area contributed by atoms with Gasteiger partial charge in [-0.05, 0) is 35.9 Å². The zero-order chi connectivity index (χ0) is 20.7. The van der Waals surface area contributed by atoms with Crippen molar-refractivity contribution in [2.75, 3.05) is 33.3 Å². The molecular weight excluding hydrogens is 402 g/mol. The number of hydrogen-bond donors (Lipinski definition) is 1. The van der Waals surface area contributed by atoms with Crippen molar-refractivity contribution < 1.29 is 14.3 Å². The van der Waals surface area contributed by atoms with Crippen LogP contribution in [0.3, 0.4) is 0 Å². The molecule has 0 saturated carbocycles. The first-order valence-corrected chi connectivity index (χ1v) is 10.4. The molecule has 2 aliphatic heterocycles. The number of methoxy groups -OCH3 is 1. The van der Waals surface area contributed by atoms with Gasteiger partial charge < -0.3 is 19.7 Å². The van der Waals surface area contributed by atoms with Crippen LogP contribution in [-0.2, 0) is 11.2 Å². The third-order valence-corrected chi connectivity index (χ3v) is 5.96. The topological polar surface area (TPSA) is 63.7 Å². The lowest BCUT2D eigenvalue weighted by Gasteiger charge is -2.29. The normalized spacial score (nSPS) is 18.2. The molecule has 30 heavy (non-hydrogen) atoms. The molecule has 1 fully saturated rings. The van der Waals surface area contributed by atoms with Gasteiger partial charge in [0.15, 0.2) is 6.10 Å². The summed E-state index contributed by atoms with van der Waals surface area (Å²) < 4.78 is 11.6. The number of nitrogens with zero attached hydrogens (tertiary/aromatic N) is 2. The molecule has 0 radical (unpaired) electrons. The number of carbonyl (C=O) groups is 1. The molecule has 3 aromatic rings. The maximum atomic E-state index is 13.0. The Balaban J connectivity index is 1.54. The van der Waals surface area contributed by atoms with E-state index < -0.39 is 6.10 Å². The lowest BCUT2D eigenvalue weighted by Crippen LogP contribution is -2.50. The van der Waals surface area contributed by atoms with Crippen molar-refractivity contribution >= 4 is 28.4 Å². The van der Waals surface area contributed by atoms with E-state index in [-0.39, 0.29) is 5.91 Å². The molecule has 1 N–H and O–H groups in total. The Morgan fingerprint density at radius 1 is 1.20 bits per heavy atom. The fraction of sp³-hybridized carbons (Fsp3) is 0.304. The number of halogens is 1. The van der Waals surface area contributed by atoms with Crippen molar-refractivity contribution in [3.05, 3.63) is 53.2 Å². The highest BCUT2D eigenvalue weighted by Gasteiger charge is 2.35. The van der Waals surface area contributed by atoms with Crippen molar-refractivity contribution in [3.8, 4) is 22.6 Å². The van der Waals surface area contributed by atoms with Crippen LogP contribution in [0.1, 0.15) is 5.56 Å². The van der Waals surface area contributed by atoms with Crippen LogP contribution in [0.25, 0.3) is 22.0 Å². The molecule has 0 spiro atoms. The van der Waals surface area contributed by atoms with Crippen LogP contribution in [0.5, 0.6) is 11.5 Å². The number of amides is 1. The summed E-state index contributed by atoms with van der Waals surface area (Å²) >= 11 is 6.46. The molecule has 2 aliphatic rings. The fourth-order valence-corrected chi connectivity index (χ4v) is 4.48. The zero-order valence-corrected chi connectivity index (χ0v) is 17.4. The second kappa shape index (κ2) is 7.78. The second-order valence-corrected chi connectivity index (χ2v) is 8.01. The van der Waals surface area contributed by atoms with Gasteiger partial charge in [-0.2, -0.15) is 0 Å². The van der Waals surface area contributed by atoms with Gasteiger partial charge in [0.25, 0.3) is 5.91 Å². The van der Waals surface area contributed by atoms with Gasteiger partial charge in [-0.1, -0.05) is 11.6 Å². The Kier molecular flexibility index (Phi) is 4.97. The first-order chi connectivity index (χ1) is 14.6. The summed E-state index contributed by atoms with van der Waals surface area (Å²) in [5.74, 6) is 1.52. The molecular formula is C23H22ClN3O3. The van der Waals surface area contributed by atoms with E-state index in [1.54, 1.807) is 13.3 Å². The van der Waals surface area contributed by atoms with Crippen molar-refractivity contribution in [2.45, 2.75) is 12.5 Å². The first kappa shape index (κ1) is 19.2. The average Bonchev–Trinajstić information content (AvgIpc) is 3.21. The number of fused-ring (bicyclic) bond motifs is 2. The Labute approximate surface area is 179 Å². The van der Waals surface area contributed by atoms with Gasteiger partial charge in [0.05, 0.1) is 12.6 Å². The Hall–Kier alpha value is -2.83. The standard InChI is InChI=1S/C23H22ClN3O3/c1-29-16-2-3-18-17(4-5-26-20(18)13-16)19-12-15(24)10-14-11-21(30-22(14)19)23(28)27-8-6-25-7-9-27/h2-5,10,12-13,21,25H,6-9,11H2,1H3. The number of hydrogen-bond acceptors (Lipinski definition) is 5. The van der Waals surface area contributed by atoms with Gasteiger partial charge >= 0.3 is 0 Å². The first-order valence-electron chi connectivity index (χ1n) is 10.1. The van der Waals surface area contributed by atoms with Gasteiger partial charge in [-0.25, -0.2) is 0 Å². The van der Waals surface area contributed by atoms with Crippen molar-refractivity contribution in [3.63, 3.8) is 0 Å². The number of nitrogens with one attached hydrogen (secondary N) is 1. The third-order valence-electron chi connectivity index (χ3n) is 5.74. The lowest BCUT2D eigenvalue weighted by molar-refractivity contribution is -0.138. The monoisotopic (exact) mass is 423 g/mol.